The molecule has 1 aliphatic carbocycles. The van der Waals surface area contributed by atoms with Gasteiger partial charge >= 0.3 is 25.7 Å². The summed E-state index contributed by atoms with van der Waals surface area (Å²) in [6.45, 7) is 3.43. The van der Waals surface area contributed by atoms with Gasteiger partial charge in [-0.15, -0.1) is 0 Å². The summed E-state index contributed by atoms with van der Waals surface area (Å²) in [4.78, 5) is 50.8. The van der Waals surface area contributed by atoms with E-state index in [4.69, 9.17) is 42.2 Å². The van der Waals surface area contributed by atoms with E-state index in [1.165, 1.54) is 128 Å². The molecule has 0 spiro atoms. The molecule has 3 aliphatic rings. The molecule has 0 bridgehead atoms. The zero-order valence-corrected chi connectivity index (χ0v) is 57.7. The Hall–Kier alpha value is -2.04. The molecular formula is C68H127O24P. The van der Waals surface area contributed by atoms with Crippen LogP contribution in [-0.4, -0.2) is 204 Å². The third-order valence-electron chi connectivity index (χ3n) is 18.1. The fraction of sp³-hybridized carbons (Fsp3) is 0.956. The highest BCUT2D eigenvalue weighted by Crippen LogP contribution is 2.49. The number of hydrogen-bond donors (Lipinski definition) is 11. The highest BCUT2D eigenvalue weighted by molar-refractivity contribution is 7.47. The van der Waals surface area contributed by atoms with E-state index in [1.54, 1.807) is 0 Å². The lowest BCUT2D eigenvalue weighted by Crippen LogP contribution is -2.69. The Balaban J connectivity index is 1.75. The van der Waals surface area contributed by atoms with Crippen molar-refractivity contribution < 1.29 is 117 Å². The minimum atomic E-state index is -5.68. The first-order chi connectivity index (χ1) is 44.8. The maximum atomic E-state index is 14.3. The van der Waals surface area contributed by atoms with E-state index < -0.39 is 156 Å². The SMILES string of the molecule is CCCCCCCCCCCCCCCCC(=O)OCC1OC(OC2C(O)C(O)C(O)C(OC3OC(CO)C(O)C(O)C3O)C2OP(=O)(O)OCC(COC(=O)CCCCCCCCCCCCC)OC(=O)CCCCCCCCCCCCCCC)C(O)C(O)C1O. The van der Waals surface area contributed by atoms with Gasteiger partial charge in [0.1, 0.15) is 98.7 Å². The number of aliphatic hydroxyl groups excluding tert-OH is 10. The van der Waals surface area contributed by atoms with Gasteiger partial charge in [-0.3, -0.25) is 23.4 Å². The number of esters is 3. The van der Waals surface area contributed by atoms with Crippen molar-refractivity contribution in [3.05, 3.63) is 0 Å². The number of aliphatic hydroxyl groups is 10. The van der Waals surface area contributed by atoms with Crippen LogP contribution >= 0.6 is 7.82 Å². The maximum Gasteiger partial charge on any atom is 0.472 e. The Bertz CT molecular complexity index is 1940. The van der Waals surface area contributed by atoms with Crippen molar-refractivity contribution in [2.24, 2.45) is 0 Å². The number of unbranched alkanes of at least 4 members (excludes halogenated alkanes) is 35. The first kappa shape index (κ1) is 85.2. The summed E-state index contributed by atoms with van der Waals surface area (Å²) in [5.41, 5.74) is 0. The average molecular weight is 1360 g/mol. The molecule has 0 aromatic heterocycles. The summed E-state index contributed by atoms with van der Waals surface area (Å²) >= 11 is 0. The van der Waals surface area contributed by atoms with Gasteiger partial charge in [0.25, 0.3) is 0 Å². The first-order valence-electron chi connectivity index (χ1n) is 36.3. The monoisotopic (exact) mass is 1360 g/mol. The fourth-order valence-corrected chi connectivity index (χ4v) is 13.1. The van der Waals surface area contributed by atoms with Crippen molar-refractivity contribution in [2.75, 3.05) is 26.4 Å². The molecule has 3 fully saturated rings. The molecule has 18 atom stereocenters. The Labute approximate surface area is 555 Å². The van der Waals surface area contributed by atoms with Crippen LogP contribution in [0, 0.1) is 0 Å². The molecule has 25 heteroatoms. The Morgan fingerprint density at radius 3 is 1.05 bits per heavy atom. The number of ether oxygens (including phenoxy) is 7. The highest BCUT2D eigenvalue weighted by atomic mass is 31.2. The molecule has 24 nitrogen and oxygen atoms in total. The molecule has 0 radical (unpaired) electrons. The predicted octanol–water partition coefficient (Wildman–Crippen LogP) is 9.01. The zero-order valence-electron chi connectivity index (χ0n) is 56.8. The quantitative estimate of drug-likeness (QED) is 0.0117. The summed E-state index contributed by atoms with van der Waals surface area (Å²) in [5, 5.41) is 110. The van der Waals surface area contributed by atoms with Crippen LogP contribution in [0.3, 0.4) is 0 Å². The molecule has 548 valence electrons. The summed E-state index contributed by atoms with van der Waals surface area (Å²) < 4.78 is 64.9. The number of phosphoric acid groups is 1. The minimum absolute atomic E-state index is 0.0336. The molecule has 11 N–H and O–H groups in total. The van der Waals surface area contributed by atoms with Gasteiger partial charge < -0.3 is 89.1 Å². The van der Waals surface area contributed by atoms with Crippen LogP contribution in [-0.2, 0) is 61.2 Å². The molecule has 2 heterocycles. The van der Waals surface area contributed by atoms with Gasteiger partial charge in [-0.1, -0.05) is 245 Å². The van der Waals surface area contributed by atoms with E-state index in [0.717, 1.165) is 96.3 Å². The second-order valence-corrected chi connectivity index (χ2v) is 27.7. The van der Waals surface area contributed by atoms with Gasteiger partial charge in [-0.2, -0.15) is 0 Å². The van der Waals surface area contributed by atoms with Crippen LogP contribution in [0.5, 0.6) is 0 Å². The van der Waals surface area contributed by atoms with Crippen LogP contribution in [0.15, 0.2) is 0 Å². The lowest BCUT2D eigenvalue weighted by Gasteiger charge is -2.49. The third kappa shape index (κ3) is 35.0. The largest absolute Gasteiger partial charge is 0.472 e. The summed E-state index contributed by atoms with van der Waals surface area (Å²) in [6.07, 6.45) is 6.22. The molecule has 0 amide bonds. The highest BCUT2D eigenvalue weighted by Gasteiger charge is 2.58. The zero-order chi connectivity index (χ0) is 68.2. The van der Waals surface area contributed by atoms with Crippen LogP contribution in [0.4, 0.5) is 0 Å². The summed E-state index contributed by atoms with van der Waals surface area (Å²) in [6, 6.07) is 0. The van der Waals surface area contributed by atoms with E-state index in [1.807, 2.05) is 0 Å². The van der Waals surface area contributed by atoms with Crippen molar-refractivity contribution in [3.8, 4) is 0 Å². The Morgan fingerprint density at radius 1 is 0.376 bits per heavy atom. The van der Waals surface area contributed by atoms with E-state index in [9.17, 15) is 74.9 Å². The summed E-state index contributed by atoms with van der Waals surface area (Å²) in [7, 11) is -5.68. The average Bonchev–Trinajstić information content (AvgIpc) is 0.769. The fourth-order valence-electron chi connectivity index (χ4n) is 12.2. The molecule has 1 saturated carbocycles. The smallest absolute Gasteiger partial charge is 0.463 e. The first-order valence-corrected chi connectivity index (χ1v) is 37.8. The molecule has 2 saturated heterocycles. The van der Waals surface area contributed by atoms with Crippen LogP contribution < -0.4 is 0 Å². The van der Waals surface area contributed by atoms with Crippen molar-refractivity contribution in [2.45, 2.75) is 388 Å². The van der Waals surface area contributed by atoms with Gasteiger partial charge in [0, 0.05) is 19.3 Å². The number of carbonyl (C=O) groups is 3. The maximum absolute atomic E-state index is 14.3. The lowest BCUT2D eigenvalue weighted by molar-refractivity contribution is -0.360. The van der Waals surface area contributed by atoms with Gasteiger partial charge in [0.2, 0.25) is 0 Å². The number of hydrogen-bond acceptors (Lipinski definition) is 23. The van der Waals surface area contributed by atoms with Gasteiger partial charge in [0.15, 0.2) is 18.7 Å². The number of phosphoric ester groups is 1. The molecule has 2 aliphatic heterocycles. The molecular weight excluding hydrogens is 1230 g/mol. The second-order valence-electron chi connectivity index (χ2n) is 26.3. The molecule has 0 aromatic carbocycles. The number of rotatable bonds is 56. The second kappa shape index (κ2) is 51.2. The van der Waals surface area contributed by atoms with E-state index in [-0.39, 0.29) is 19.3 Å². The van der Waals surface area contributed by atoms with Crippen LogP contribution in [0.2, 0.25) is 0 Å². The van der Waals surface area contributed by atoms with Crippen LogP contribution in [0.25, 0.3) is 0 Å². The van der Waals surface area contributed by atoms with Crippen molar-refractivity contribution in [1.29, 1.82) is 0 Å². The van der Waals surface area contributed by atoms with Gasteiger partial charge in [-0.05, 0) is 19.3 Å². The Kier molecular flexibility index (Phi) is 46.9. The molecule has 93 heavy (non-hydrogen) atoms. The third-order valence-corrected chi connectivity index (χ3v) is 19.1. The van der Waals surface area contributed by atoms with Gasteiger partial charge in [-0.25, -0.2) is 4.57 Å². The van der Waals surface area contributed by atoms with Crippen molar-refractivity contribution in [3.63, 3.8) is 0 Å². The molecule has 18 unspecified atom stereocenters. The van der Waals surface area contributed by atoms with E-state index >= 15 is 0 Å². The summed E-state index contributed by atoms with van der Waals surface area (Å²) in [5.74, 6) is -1.98. The number of carbonyl (C=O) groups excluding carboxylic acids is 3. The predicted molar refractivity (Wildman–Crippen MR) is 347 cm³/mol. The normalized spacial score (nSPS) is 28.4. The van der Waals surface area contributed by atoms with Crippen LogP contribution in [0.1, 0.15) is 284 Å². The van der Waals surface area contributed by atoms with Crippen molar-refractivity contribution in [1.82, 2.24) is 0 Å². The van der Waals surface area contributed by atoms with Gasteiger partial charge in [0.05, 0.1) is 13.2 Å². The Morgan fingerprint density at radius 2 is 0.688 bits per heavy atom. The lowest BCUT2D eigenvalue weighted by atomic mass is 9.84. The minimum Gasteiger partial charge on any atom is -0.463 e. The van der Waals surface area contributed by atoms with E-state index in [2.05, 4.69) is 20.8 Å². The van der Waals surface area contributed by atoms with Crippen molar-refractivity contribution >= 4 is 25.7 Å². The molecule has 3 rings (SSSR count). The van der Waals surface area contributed by atoms with E-state index in [0.29, 0.717) is 19.3 Å². The standard InChI is InChI=1S/C68H127O24P/c1-4-7-10-13-16-19-22-24-26-28-31-34-37-40-43-53(71)85-48-51-56(74)58(76)63(81)68(89-51)91-65-61(79)59(77)60(78)64(90-67-62(80)57(75)55(73)50(45-69)88-67)66(65)92-93(82,83)86-47-49(46-84-52(70)42-39-36-33-30-27-21-18-15-12-9-6-3)87-54(72)44-41-38-35-32-29-25-23-20-17-14-11-8-5-2/h49-51,55-69,73-81H,4-48H2,1-3H3,(H,82,83). The molecule has 0 aromatic rings. The topological polar surface area (TPSA) is 374 Å².